The summed E-state index contributed by atoms with van der Waals surface area (Å²) in [5.74, 6) is -1.20. The summed E-state index contributed by atoms with van der Waals surface area (Å²) in [6, 6.07) is -0.0473. The molecule has 2 aliphatic rings. The molecule has 5 heteroatoms. The number of hydrogen-bond donors (Lipinski definition) is 2. The molecule has 1 saturated heterocycles. The van der Waals surface area contributed by atoms with Crippen molar-refractivity contribution in [1.82, 2.24) is 4.90 Å². The molecule has 0 spiro atoms. The molecule has 2 fully saturated rings. The first-order chi connectivity index (χ1) is 8.09. The van der Waals surface area contributed by atoms with E-state index in [0.29, 0.717) is 13.1 Å². The van der Waals surface area contributed by atoms with Crippen LogP contribution in [0, 0.1) is 11.8 Å². The van der Waals surface area contributed by atoms with Crippen molar-refractivity contribution in [2.75, 3.05) is 13.1 Å². The van der Waals surface area contributed by atoms with Gasteiger partial charge in [-0.05, 0) is 12.8 Å². The number of nitrogens with zero attached hydrogens (tertiary/aromatic N) is 1. The molecule has 0 bridgehead atoms. The van der Waals surface area contributed by atoms with Gasteiger partial charge in [0, 0.05) is 19.1 Å². The van der Waals surface area contributed by atoms with Gasteiger partial charge in [-0.25, -0.2) is 0 Å². The van der Waals surface area contributed by atoms with Crippen LogP contribution < -0.4 is 5.73 Å². The number of rotatable bonds is 2. The first-order valence-corrected chi connectivity index (χ1v) is 6.36. The summed E-state index contributed by atoms with van der Waals surface area (Å²) < 4.78 is 0. The Morgan fingerprint density at radius 3 is 2.41 bits per heavy atom. The zero-order valence-electron chi connectivity index (χ0n) is 9.97. The molecule has 1 aliphatic carbocycles. The molecular weight excluding hydrogens is 220 g/mol. The monoisotopic (exact) mass is 240 g/mol. The number of carboxylic acid groups (broad SMARTS) is 1. The Labute approximate surface area is 101 Å². The van der Waals surface area contributed by atoms with E-state index < -0.39 is 5.97 Å². The van der Waals surface area contributed by atoms with Crippen LogP contribution in [0.15, 0.2) is 0 Å². The predicted octanol–water partition coefficient (Wildman–Crippen LogP) is 0.437. The third-order valence-corrected chi connectivity index (χ3v) is 3.93. The summed E-state index contributed by atoms with van der Waals surface area (Å²) in [5.41, 5.74) is 6.03. The highest BCUT2D eigenvalue weighted by Crippen LogP contribution is 2.27. The fourth-order valence-corrected chi connectivity index (χ4v) is 2.69. The minimum absolute atomic E-state index is 0.0473. The van der Waals surface area contributed by atoms with E-state index in [1.807, 2.05) is 0 Å². The SMILES string of the molecule is NC1CCCCCC1C(=O)N1CC(C(=O)O)C1. The molecule has 5 nitrogen and oxygen atoms in total. The van der Waals surface area contributed by atoms with Gasteiger partial charge in [-0.3, -0.25) is 9.59 Å². The smallest absolute Gasteiger partial charge is 0.310 e. The van der Waals surface area contributed by atoms with E-state index in [-0.39, 0.29) is 23.8 Å². The van der Waals surface area contributed by atoms with Crippen LogP contribution in [0.1, 0.15) is 32.1 Å². The summed E-state index contributed by atoms with van der Waals surface area (Å²) in [6.45, 7) is 0.717. The van der Waals surface area contributed by atoms with Gasteiger partial charge >= 0.3 is 5.97 Å². The Kier molecular flexibility index (Phi) is 3.66. The molecule has 1 saturated carbocycles. The number of carbonyl (C=O) groups excluding carboxylic acids is 1. The van der Waals surface area contributed by atoms with E-state index >= 15 is 0 Å². The second-order valence-corrected chi connectivity index (χ2v) is 5.19. The lowest BCUT2D eigenvalue weighted by Crippen LogP contribution is -2.56. The van der Waals surface area contributed by atoms with E-state index in [9.17, 15) is 9.59 Å². The summed E-state index contributed by atoms with van der Waals surface area (Å²) in [4.78, 5) is 24.5. The van der Waals surface area contributed by atoms with Gasteiger partial charge in [-0.2, -0.15) is 0 Å². The van der Waals surface area contributed by atoms with Crippen LogP contribution in [0.2, 0.25) is 0 Å². The molecule has 96 valence electrons. The second kappa shape index (κ2) is 5.04. The van der Waals surface area contributed by atoms with Gasteiger partial charge in [0.1, 0.15) is 0 Å². The van der Waals surface area contributed by atoms with Crippen molar-refractivity contribution in [3.8, 4) is 0 Å². The molecule has 0 aromatic carbocycles. The first kappa shape index (κ1) is 12.4. The molecule has 1 aliphatic heterocycles. The molecule has 3 N–H and O–H groups in total. The molecule has 0 aromatic heterocycles. The largest absolute Gasteiger partial charge is 0.481 e. The maximum Gasteiger partial charge on any atom is 0.310 e. The fourth-order valence-electron chi connectivity index (χ4n) is 2.69. The van der Waals surface area contributed by atoms with Crippen LogP contribution in [0.4, 0.5) is 0 Å². The lowest BCUT2D eigenvalue weighted by atomic mass is 9.90. The Morgan fingerprint density at radius 1 is 1.12 bits per heavy atom. The average Bonchev–Trinajstić information content (AvgIpc) is 2.39. The molecule has 2 atom stereocenters. The highest BCUT2D eigenvalue weighted by Gasteiger charge is 2.39. The van der Waals surface area contributed by atoms with Gasteiger partial charge < -0.3 is 15.7 Å². The summed E-state index contributed by atoms with van der Waals surface area (Å²) in [5, 5.41) is 8.78. The highest BCUT2D eigenvalue weighted by atomic mass is 16.4. The number of aliphatic carboxylic acids is 1. The van der Waals surface area contributed by atoms with Gasteiger partial charge in [-0.1, -0.05) is 19.3 Å². The van der Waals surface area contributed by atoms with Crippen LogP contribution in [-0.4, -0.2) is 41.0 Å². The molecule has 17 heavy (non-hydrogen) atoms. The third-order valence-electron chi connectivity index (χ3n) is 3.93. The highest BCUT2D eigenvalue weighted by molar-refractivity contribution is 5.83. The molecule has 0 radical (unpaired) electrons. The molecule has 0 aromatic rings. The fraction of sp³-hybridized carbons (Fsp3) is 0.833. The number of nitrogens with two attached hydrogens (primary N) is 1. The second-order valence-electron chi connectivity index (χ2n) is 5.19. The maximum atomic E-state index is 12.2. The Bertz CT molecular complexity index is 313. The van der Waals surface area contributed by atoms with Gasteiger partial charge in [0.05, 0.1) is 11.8 Å². The molecule has 2 unspecified atom stereocenters. The lowest BCUT2D eigenvalue weighted by molar-refractivity contribution is -0.155. The molecule has 2 rings (SSSR count). The number of likely N-dealkylation sites (tertiary alicyclic amines) is 1. The van der Waals surface area contributed by atoms with Crippen molar-refractivity contribution in [2.24, 2.45) is 17.6 Å². The van der Waals surface area contributed by atoms with Gasteiger partial charge in [0.15, 0.2) is 0 Å². The standard InChI is InChI=1S/C12H20N2O3/c13-10-5-3-1-2-4-9(10)11(15)14-6-8(7-14)12(16)17/h8-10H,1-7,13H2,(H,16,17). The zero-order chi connectivity index (χ0) is 12.4. The van der Waals surface area contributed by atoms with Crippen LogP contribution in [0.3, 0.4) is 0 Å². The van der Waals surface area contributed by atoms with E-state index in [1.54, 1.807) is 4.90 Å². The normalized spacial score (nSPS) is 30.5. The van der Waals surface area contributed by atoms with Crippen LogP contribution in [0.5, 0.6) is 0 Å². The van der Waals surface area contributed by atoms with E-state index in [4.69, 9.17) is 10.8 Å². The minimum atomic E-state index is -0.806. The van der Waals surface area contributed by atoms with Crippen molar-refractivity contribution < 1.29 is 14.7 Å². The molecule has 1 heterocycles. The average molecular weight is 240 g/mol. The quantitative estimate of drug-likeness (QED) is 0.686. The predicted molar refractivity (Wildman–Crippen MR) is 62.3 cm³/mol. The van der Waals surface area contributed by atoms with Crippen molar-refractivity contribution in [2.45, 2.75) is 38.1 Å². The number of hydrogen-bond acceptors (Lipinski definition) is 3. The van der Waals surface area contributed by atoms with Crippen molar-refractivity contribution in [3.05, 3.63) is 0 Å². The molecule has 1 amide bonds. The van der Waals surface area contributed by atoms with E-state index in [0.717, 1.165) is 32.1 Å². The summed E-state index contributed by atoms with van der Waals surface area (Å²) in [7, 11) is 0. The van der Waals surface area contributed by atoms with E-state index in [2.05, 4.69) is 0 Å². The van der Waals surface area contributed by atoms with Crippen molar-refractivity contribution in [3.63, 3.8) is 0 Å². The zero-order valence-corrected chi connectivity index (χ0v) is 9.97. The van der Waals surface area contributed by atoms with Gasteiger partial charge in [0.2, 0.25) is 5.91 Å². The summed E-state index contributed by atoms with van der Waals surface area (Å²) in [6.07, 6.45) is 5.07. The molecular formula is C12H20N2O3. The number of amides is 1. The van der Waals surface area contributed by atoms with Gasteiger partial charge in [-0.15, -0.1) is 0 Å². The van der Waals surface area contributed by atoms with Gasteiger partial charge in [0.25, 0.3) is 0 Å². The van der Waals surface area contributed by atoms with Crippen LogP contribution in [0.25, 0.3) is 0 Å². The van der Waals surface area contributed by atoms with Crippen molar-refractivity contribution in [1.29, 1.82) is 0 Å². The summed E-state index contributed by atoms with van der Waals surface area (Å²) >= 11 is 0. The van der Waals surface area contributed by atoms with Crippen molar-refractivity contribution >= 4 is 11.9 Å². The Morgan fingerprint density at radius 2 is 1.76 bits per heavy atom. The third kappa shape index (κ3) is 2.60. The van der Waals surface area contributed by atoms with Crippen LogP contribution in [-0.2, 0) is 9.59 Å². The maximum absolute atomic E-state index is 12.2. The topological polar surface area (TPSA) is 83.6 Å². The lowest BCUT2D eigenvalue weighted by Gasteiger charge is -2.39. The first-order valence-electron chi connectivity index (χ1n) is 6.36. The number of carboxylic acids is 1. The Hall–Kier alpha value is -1.10. The van der Waals surface area contributed by atoms with Crippen LogP contribution >= 0.6 is 0 Å². The van der Waals surface area contributed by atoms with E-state index in [1.165, 1.54) is 0 Å². The Balaban J connectivity index is 1.89. The minimum Gasteiger partial charge on any atom is -0.481 e. The number of carbonyl (C=O) groups is 2.